The van der Waals surface area contributed by atoms with Crippen LogP contribution in [0.15, 0.2) is 42.5 Å². The van der Waals surface area contributed by atoms with Crippen molar-refractivity contribution in [2.45, 2.75) is 20.4 Å². The van der Waals surface area contributed by atoms with Gasteiger partial charge in [-0.15, -0.1) is 0 Å². The maximum Gasteiger partial charge on any atom is 0.119 e. The van der Waals surface area contributed by atoms with E-state index in [1.54, 1.807) is 7.11 Å². The van der Waals surface area contributed by atoms with Gasteiger partial charge in [0.15, 0.2) is 0 Å². The van der Waals surface area contributed by atoms with Crippen LogP contribution in [0.3, 0.4) is 0 Å². The molecule has 0 atom stereocenters. The third kappa shape index (κ3) is 3.15. The van der Waals surface area contributed by atoms with Crippen molar-refractivity contribution in [3.63, 3.8) is 0 Å². The van der Waals surface area contributed by atoms with E-state index in [2.05, 4.69) is 55.6 Å². The van der Waals surface area contributed by atoms with Crippen LogP contribution >= 0.6 is 0 Å². The lowest BCUT2D eigenvalue weighted by Crippen LogP contribution is -2.12. The van der Waals surface area contributed by atoms with Crippen molar-refractivity contribution in [2.24, 2.45) is 0 Å². The van der Waals surface area contributed by atoms with Gasteiger partial charge < -0.3 is 10.1 Å². The Morgan fingerprint density at radius 1 is 1.05 bits per heavy atom. The Labute approximate surface area is 115 Å². The van der Waals surface area contributed by atoms with Gasteiger partial charge in [-0.25, -0.2) is 0 Å². The first-order valence-corrected chi connectivity index (χ1v) is 6.70. The number of hydrogen-bond donors (Lipinski definition) is 1. The van der Waals surface area contributed by atoms with E-state index in [0.29, 0.717) is 0 Å². The van der Waals surface area contributed by atoms with Crippen LogP contribution in [0.25, 0.3) is 11.1 Å². The van der Waals surface area contributed by atoms with Crippen molar-refractivity contribution in [2.75, 3.05) is 13.7 Å². The standard InChI is InChI=1S/C17H21NO/c1-4-18-12-14-7-5-6-8-17(14)16-10-9-15(19-3)11-13(16)2/h5-11,18H,4,12H2,1-3H3. The van der Waals surface area contributed by atoms with E-state index in [4.69, 9.17) is 4.74 Å². The summed E-state index contributed by atoms with van der Waals surface area (Å²) in [7, 11) is 1.70. The quantitative estimate of drug-likeness (QED) is 0.878. The summed E-state index contributed by atoms with van der Waals surface area (Å²) >= 11 is 0. The molecular formula is C17H21NO. The second-order valence-corrected chi connectivity index (χ2v) is 4.62. The fourth-order valence-corrected chi connectivity index (χ4v) is 2.26. The normalized spacial score (nSPS) is 10.5. The van der Waals surface area contributed by atoms with E-state index in [9.17, 15) is 0 Å². The smallest absolute Gasteiger partial charge is 0.119 e. The third-order valence-corrected chi connectivity index (χ3v) is 3.31. The molecule has 0 unspecified atom stereocenters. The predicted octanol–water partition coefficient (Wildman–Crippen LogP) is 3.78. The van der Waals surface area contributed by atoms with E-state index >= 15 is 0 Å². The zero-order chi connectivity index (χ0) is 13.7. The third-order valence-electron chi connectivity index (χ3n) is 3.31. The van der Waals surface area contributed by atoms with E-state index in [0.717, 1.165) is 18.8 Å². The largest absolute Gasteiger partial charge is 0.497 e. The lowest BCUT2D eigenvalue weighted by Gasteiger charge is -2.13. The minimum absolute atomic E-state index is 0.901. The first-order chi connectivity index (χ1) is 9.26. The maximum atomic E-state index is 5.27. The van der Waals surface area contributed by atoms with Crippen LogP contribution < -0.4 is 10.1 Å². The number of aryl methyl sites for hydroxylation is 1. The summed E-state index contributed by atoms with van der Waals surface area (Å²) in [6.45, 7) is 6.14. The van der Waals surface area contributed by atoms with Gasteiger partial charge in [-0.3, -0.25) is 0 Å². The van der Waals surface area contributed by atoms with Crippen molar-refractivity contribution >= 4 is 0 Å². The van der Waals surface area contributed by atoms with Gasteiger partial charge in [-0.1, -0.05) is 37.3 Å². The summed E-state index contributed by atoms with van der Waals surface area (Å²) in [4.78, 5) is 0. The van der Waals surface area contributed by atoms with Crippen LogP contribution in [0.5, 0.6) is 5.75 Å². The van der Waals surface area contributed by atoms with Crippen molar-refractivity contribution in [3.05, 3.63) is 53.6 Å². The van der Waals surface area contributed by atoms with Crippen molar-refractivity contribution < 1.29 is 4.74 Å². The average molecular weight is 255 g/mol. The molecule has 100 valence electrons. The molecule has 0 aliphatic carbocycles. The van der Waals surface area contributed by atoms with Crippen LogP contribution in [0.2, 0.25) is 0 Å². The van der Waals surface area contributed by atoms with E-state index < -0.39 is 0 Å². The fraction of sp³-hybridized carbons (Fsp3) is 0.294. The Bertz CT molecular complexity index is 549. The summed E-state index contributed by atoms with van der Waals surface area (Å²) in [5, 5.41) is 3.39. The van der Waals surface area contributed by atoms with Gasteiger partial charge in [-0.2, -0.15) is 0 Å². The van der Waals surface area contributed by atoms with Crippen LogP contribution in [0.4, 0.5) is 0 Å². The first-order valence-electron chi connectivity index (χ1n) is 6.70. The molecule has 0 fully saturated rings. The highest BCUT2D eigenvalue weighted by Crippen LogP contribution is 2.29. The Morgan fingerprint density at radius 3 is 2.53 bits per heavy atom. The van der Waals surface area contributed by atoms with E-state index in [1.807, 2.05) is 6.07 Å². The molecule has 2 aromatic rings. The Morgan fingerprint density at radius 2 is 1.84 bits per heavy atom. The molecule has 0 aromatic heterocycles. The molecule has 2 aromatic carbocycles. The van der Waals surface area contributed by atoms with Crippen molar-refractivity contribution in [1.29, 1.82) is 0 Å². The number of nitrogens with one attached hydrogen (secondary N) is 1. The lowest BCUT2D eigenvalue weighted by molar-refractivity contribution is 0.414. The summed E-state index contributed by atoms with van der Waals surface area (Å²) in [5.41, 5.74) is 5.14. The number of ether oxygens (including phenoxy) is 1. The highest BCUT2D eigenvalue weighted by atomic mass is 16.5. The summed E-state index contributed by atoms with van der Waals surface area (Å²) in [6, 6.07) is 14.8. The number of benzene rings is 2. The topological polar surface area (TPSA) is 21.3 Å². The van der Waals surface area contributed by atoms with Gasteiger partial charge in [-0.05, 0) is 47.9 Å². The van der Waals surface area contributed by atoms with Crippen LogP contribution in [-0.2, 0) is 6.54 Å². The zero-order valence-corrected chi connectivity index (χ0v) is 11.9. The Hall–Kier alpha value is -1.80. The highest BCUT2D eigenvalue weighted by Gasteiger charge is 2.07. The summed E-state index contributed by atoms with van der Waals surface area (Å²) < 4.78 is 5.27. The lowest BCUT2D eigenvalue weighted by atomic mass is 9.96. The van der Waals surface area contributed by atoms with Gasteiger partial charge in [0.2, 0.25) is 0 Å². The predicted molar refractivity (Wildman–Crippen MR) is 80.5 cm³/mol. The molecule has 2 nitrogen and oxygen atoms in total. The van der Waals surface area contributed by atoms with Gasteiger partial charge in [0.1, 0.15) is 5.75 Å². The molecule has 0 aliphatic heterocycles. The highest BCUT2D eigenvalue weighted by molar-refractivity contribution is 5.71. The Kier molecular flexibility index (Phi) is 4.58. The minimum Gasteiger partial charge on any atom is -0.497 e. The molecule has 0 spiro atoms. The monoisotopic (exact) mass is 255 g/mol. The zero-order valence-electron chi connectivity index (χ0n) is 11.9. The van der Waals surface area contributed by atoms with Gasteiger partial charge in [0, 0.05) is 6.54 Å². The SMILES string of the molecule is CCNCc1ccccc1-c1ccc(OC)cc1C. The second kappa shape index (κ2) is 6.39. The molecular weight excluding hydrogens is 234 g/mol. The maximum absolute atomic E-state index is 5.27. The molecule has 0 aliphatic rings. The van der Waals surface area contributed by atoms with Crippen LogP contribution in [0, 0.1) is 6.92 Å². The molecule has 0 saturated carbocycles. The fourth-order valence-electron chi connectivity index (χ4n) is 2.26. The molecule has 2 rings (SSSR count). The molecule has 0 bridgehead atoms. The Balaban J connectivity index is 2.40. The number of hydrogen-bond acceptors (Lipinski definition) is 2. The number of methoxy groups -OCH3 is 1. The van der Waals surface area contributed by atoms with Crippen LogP contribution in [-0.4, -0.2) is 13.7 Å². The summed E-state index contributed by atoms with van der Waals surface area (Å²) in [6.07, 6.45) is 0. The van der Waals surface area contributed by atoms with Crippen LogP contribution in [0.1, 0.15) is 18.1 Å². The molecule has 19 heavy (non-hydrogen) atoms. The molecule has 0 heterocycles. The van der Waals surface area contributed by atoms with Crippen molar-refractivity contribution in [3.8, 4) is 16.9 Å². The second-order valence-electron chi connectivity index (χ2n) is 4.62. The summed E-state index contributed by atoms with van der Waals surface area (Å²) in [5.74, 6) is 0.908. The minimum atomic E-state index is 0.901. The average Bonchev–Trinajstić information content (AvgIpc) is 2.45. The molecule has 1 N–H and O–H groups in total. The molecule has 2 heteroatoms. The van der Waals surface area contributed by atoms with Gasteiger partial charge in [0.25, 0.3) is 0 Å². The van der Waals surface area contributed by atoms with Crippen molar-refractivity contribution in [1.82, 2.24) is 5.32 Å². The molecule has 0 radical (unpaired) electrons. The molecule has 0 amide bonds. The molecule has 0 saturated heterocycles. The van der Waals surface area contributed by atoms with Gasteiger partial charge >= 0.3 is 0 Å². The number of rotatable bonds is 5. The van der Waals surface area contributed by atoms with E-state index in [-0.39, 0.29) is 0 Å². The van der Waals surface area contributed by atoms with E-state index in [1.165, 1.54) is 22.3 Å². The first kappa shape index (κ1) is 13.6. The van der Waals surface area contributed by atoms with Gasteiger partial charge in [0.05, 0.1) is 7.11 Å².